The summed E-state index contributed by atoms with van der Waals surface area (Å²) in [7, 11) is 0. The molecule has 1 fully saturated rings. The van der Waals surface area contributed by atoms with Crippen LogP contribution in [0.25, 0.3) is 0 Å². The Morgan fingerprint density at radius 3 is 2.46 bits per heavy atom. The van der Waals surface area contributed by atoms with Gasteiger partial charge in [-0.25, -0.2) is 14.3 Å². The van der Waals surface area contributed by atoms with Gasteiger partial charge in [0.1, 0.15) is 17.4 Å². The van der Waals surface area contributed by atoms with E-state index in [2.05, 4.69) is 0 Å². The summed E-state index contributed by atoms with van der Waals surface area (Å²) < 4.78 is 16.4. The highest BCUT2D eigenvalue weighted by Gasteiger charge is 2.50. The molecule has 1 saturated heterocycles. The van der Waals surface area contributed by atoms with Gasteiger partial charge in [0.25, 0.3) is 0 Å². The highest BCUT2D eigenvalue weighted by Crippen LogP contribution is 2.32. The molecule has 1 aliphatic heterocycles. The van der Waals surface area contributed by atoms with Crippen molar-refractivity contribution >= 4 is 18.3 Å². The number of nitrogens with zero attached hydrogens (tertiary/aromatic N) is 2. The largest absolute Gasteiger partial charge is 0.624 e. The summed E-state index contributed by atoms with van der Waals surface area (Å²) in [4.78, 5) is 25.3. The molecule has 0 aliphatic carbocycles. The molecule has 1 aliphatic rings. The Labute approximate surface area is 142 Å². The Morgan fingerprint density at radius 2 is 1.96 bits per heavy atom. The topological polar surface area (TPSA) is 91.1 Å². The first-order valence-electron chi connectivity index (χ1n) is 8.02. The van der Waals surface area contributed by atoms with Crippen LogP contribution in [0.1, 0.15) is 48.5 Å². The van der Waals surface area contributed by atoms with Crippen molar-refractivity contribution in [2.24, 2.45) is 0 Å². The highest BCUT2D eigenvalue weighted by atomic mass is 16.6. The lowest BCUT2D eigenvalue weighted by Crippen LogP contribution is -2.51. The number of rotatable bonds is 4. The van der Waals surface area contributed by atoms with Gasteiger partial charge >= 0.3 is 12.1 Å². The number of carbonyl (C=O) groups excluding carboxylic acids is 2. The maximum absolute atomic E-state index is 12.5. The average Bonchev–Trinajstić information content (AvgIpc) is 2.56. The van der Waals surface area contributed by atoms with E-state index in [0.29, 0.717) is 4.74 Å². The summed E-state index contributed by atoms with van der Waals surface area (Å²) in [6, 6.07) is -0.651. The predicted molar refractivity (Wildman–Crippen MR) is 87.7 cm³/mol. The number of ether oxygens (including phenoxy) is 3. The third kappa shape index (κ3) is 5.36. The fourth-order valence-electron chi connectivity index (χ4n) is 2.55. The van der Waals surface area contributed by atoms with Crippen LogP contribution in [0.3, 0.4) is 0 Å². The van der Waals surface area contributed by atoms with Crippen LogP contribution in [0.5, 0.6) is 0 Å². The summed E-state index contributed by atoms with van der Waals surface area (Å²) >= 11 is 0. The number of hydroxylamine groups is 1. The molecule has 0 aromatic rings. The van der Waals surface area contributed by atoms with Crippen LogP contribution in [-0.2, 0) is 19.0 Å². The standard InChI is InChI=1S/C16H28N2O6/c1-8-22-13(19)10-17(21)9-12-11(2)23-16(6,7)18(12)14(20)24-15(3,4)5/h9,11-12H,8,10H2,1-7H3/b17-9-/t11-,12-/m0/s1. The van der Waals surface area contributed by atoms with E-state index in [-0.39, 0.29) is 6.61 Å². The minimum absolute atomic E-state index is 0.201. The number of amides is 1. The smallest absolute Gasteiger partial charge is 0.413 e. The maximum atomic E-state index is 12.5. The van der Waals surface area contributed by atoms with E-state index in [1.54, 1.807) is 48.5 Å². The second-order valence-electron chi connectivity index (χ2n) is 7.14. The van der Waals surface area contributed by atoms with Gasteiger partial charge in [-0.15, -0.1) is 0 Å². The van der Waals surface area contributed by atoms with Crippen molar-refractivity contribution in [1.82, 2.24) is 4.90 Å². The van der Waals surface area contributed by atoms with Crippen LogP contribution in [0.4, 0.5) is 4.79 Å². The second-order valence-corrected chi connectivity index (χ2v) is 7.14. The molecule has 0 radical (unpaired) electrons. The van der Waals surface area contributed by atoms with Crippen LogP contribution in [0.15, 0.2) is 0 Å². The monoisotopic (exact) mass is 344 g/mol. The molecule has 2 atom stereocenters. The lowest BCUT2D eigenvalue weighted by atomic mass is 10.1. The zero-order valence-corrected chi connectivity index (χ0v) is 15.5. The van der Waals surface area contributed by atoms with Crippen LogP contribution >= 0.6 is 0 Å². The minimum atomic E-state index is -0.937. The van der Waals surface area contributed by atoms with E-state index in [4.69, 9.17) is 14.2 Å². The molecule has 24 heavy (non-hydrogen) atoms. The van der Waals surface area contributed by atoms with Crippen molar-refractivity contribution in [3.8, 4) is 0 Å². The van der Waals surface area contributed by atoms with Gasteiger partial charge in [-0.05, 0) is 48.5 Å². The molecule has 0 N–H and O–H groups in total. The average molecular weight is 344 g/mol. The van der Waals surface area contributed by atoms with E-state index in [1.165, 1.54) is 11.1 Å². The molecule has 138 valence electrons. The van der Waals surface area contributed by atoms with E-state index in [9.17, 15) is 14.8 Å². The molecule has 8 nitrogen and oxygen atoms in total. The zero-order valence-electron chi connectivity index (χ0n) is 15.5. The summed E-state index contributed by atoms with van der Waals surface area (Å²) in [6.07, 6.45) is 0.245. The van der Waals surface area contributed by atoms with Crippen molar-refractivity contribution in [3.05, 3.63) is 5.21 Å². The molecule has 0 unspecified atom stereocenters. The van der Waals surface area contributed by atoms with Crippen molar-refractivity contribution in [3.63, 3.8) is 0 Å². The van der Waals surface area contributed by atoms with E-state index in [1.807, 2.05) is 0 Å². The molecular weight excluding hydrogens is 316 g/mol. The van der Waals surface area contributed by atoms with Gasteiger partial charge in [0.2, 0.25) is 6.54 Å². The van der Waals surface area contributed by atoms with Gasteiger partial charge in [0.05, 0.1) is 12.7 Å². The van der Waals surface area contributed by atoms with Crippen molar-refractivity contribution < 1.29 is 28.5 Å². The van der Waals surface area contributed by atoms with Gasteiger partial charge in [-0.3, -0.25) is 4.90 Å². The fourth-order valence-corrected chi connectivity index (χ4v) is 2.55. The summed E-state index contributed by atoms with van der Waals surface area (Å²) in [5.41, 5.74) is -1.61. The Bertz CT molecular complexity index is 509. The Hall–Kier alpha value is -1.83. The molecule has 0 aromatic carbocycles. The van der Waals surface area contributed by atoms with Gasteiger partial charge in [0.15, 0.2) is 6.21 Å². The number of carbonyl (C=O) groups is 2. The first kappa shape index (κ1) is 20.2. The molecule has 0 aromatic heterocycles. The van der Waals surface area contributed by atoms with Crippen LogP contribution in [0, 0.1) is 5.21 Å². The van der Waals surface area contributed by atoms with E-state index < -0.39 is 42.1 Å². The summed E-state index contributed by atoms with van der Waals surface area (Å²) in [5, 5.41) is 12.0. The molecule has 1 heterocycles. The third-order valence-electron chi connectivity index (χ3n) is 3.33. The number of hydrogen-bond donors (Lipinski definition) is 0. The van der Waals surface area contributed by atoms with Crippen LogP contribution in [-0.4, -0.2) is 64.5 Å². The first-order chi connectivity index (χ1) is 10.9. The molecule has 0 bridgehead atoms. The van der Waals surface area contributed by atoms with Crippen molar-refractivity contribution in [1.29, 1.82) is 0 Å². The van der Waals surface area contributed by atoms with Crippen molar-refractivity contribution in [2.75, 3.05) is 13.2 Å². The molecule has 0 saturated carbocycles. The zero-order chi connectivity index (χ0) is 18.7. The molecule has 1 rings (SSSR count). The van der Waals surface area contributed by atoms with Gasteiger partial charge in [-0.1, -0.05) is 0 Å². The summed E-state index contributed by atoms with van der Waals surface area (Å²) in [5.74, 6) is -0.626. The Kier molecular flexibility index (Phi) is 6.21. The summed E-state index contributed by atoms with van der Waals surface area (Å²) in [6.45, 7) is 11.9. The number of esters is 1. The SMILES string of the molecule is CCOC(=O)C/[N+]([O-])=C/[C@H]1[C@H](C)OC(C)(C)N1C(=O)OC(C)(C)C. The molecular formula is C16H28N2O6. The lowest BCUT2D eigenvalue weighted by Gasteiger charge is -2.33. The van der Waals surface area contributed by atoms with Gasteiger partial charge < -0.3 is 19.4 Å². The Balaban J connectivity index is 3.00. The van der Waals surface area contributed by atoms with E-state index >= 15 is 0 Å². The highest BCUT2D eigenvalue weighted by molar-refractivity contribution is 5.77. The van der Waals surface area contributed by atoms with Gasteiger partial charge in [0, 0.05) is 0 Å². The lowest BCUT2D eigenvalue weighted by molar-refractivity contribution is -0.445. The minimum Gasteiger partial charge on any atom is -0.624 e. The Morgan fingerprint density at radius 1 is 1.38 bits per heavy atom. The second kappa shape index (κ2) is 7.38. The molecule has 8 heteroatoms. The van der Waals surface area contributed by atoms with Crippen LogP contribution in [0.2, 0.25) is 0 Å². The third-order valence-corrected chi connectivity index (χ3v) is 3.33. The molecule has 0 spiro atoms. The fraction of sp³-hybridized carbons (Fsp3) is 0.812. The van der Waals surface area contributed by atoms with Gasteiger partial charge in [-0.2, -0.15) is 0 Å². The quantitative estimate of drug-likeness (QED) is 0.254. The number of hydrogen-bond acceptors (Lipinski definition) is 6. The van der Waals surface area contributed by atoms with E-state index in [0.717, 1.165) is 0 Å². The normalized spacial score (nSPS) is 24.0. The predicted octanol–water partition coefficient (Wildman–Crippen LogP) is 1.89. The van der Waals surface area contributed by atoms with Crippen LogP contribution < -0.4 is 0 Å². The maximum Gasteiger partial charge on any atom is 0.413 e. The molecule has 1 amide bonds. The first-order valence-corrected chi connectivity index (χ1v) is 8.02. The van der Waals surface area contributed by atoms with Crippen molar-refractivity contribution in [2.45, 2.75) is 71.9 Å².